The summed E-state index contributed by atoms with van der Waals surface area (Å²) in [7, 11) is 0. The van der Waals surface area contributed by atoms with Crippen LogP contribution in [0.4, 0.5) is 0 Å². The van der Waals surface area contributed by atoms with E-state index in [-0.39, 0.29) is 29.6 Å². The summed E-state index contributed by atoms with van der Waals surface area (Å²) in [5, 5.41) is 10.2. The predicted molar refractivity (Wildman–Crippen MR) is 46.0 cm³/mol. The van der Waals surface area contributed by atoms with Crippen molar-refractivity contribution < 1.29 is 44.2 Å². The number of hydrogen-bond donors (Lipinski definition) is 0. The summed E-state index contributed by atoms with van der Waals surface area (Å²) in [6.07, 6.45) is 1.15. The van der Waals surface area contributed by atoms with Gasteiger partial charge in [0, 0.05) is 19.6 Å². The van der Waals surface area contributed by atoms with Crippen molar-refractivity contribution in [1.82, 2.24) is 4.90 Å². The van der Waals surface area contributed by atoms with E-state index in [0.29, 0.717) is 6.54 Å². The molecular formula is C9H14NNaO3. The number of rotatable bonds is 3. The number of carbonyl (C=O) groups is 1. The van der Waals surface area contributed by atoms with Gasteiger partial charge in [0.15, 0.2) is 0 Å². The van der Waals surface area contributed by atoms with E-state index in [2.05, 4.69) is 4.90 Å². The summed E-state index contributed by atoms with van der Waals surface area (Å²) in [6.45, 7) is 5.70. The monoisotopic (exact) mass is 207 g/mol. The van der Waals surface area contributed by atoms with Gasteiger partial charge in [0.1, 0.15) is 0 Å². The molecule has 0 bridgehead atoms. The molecule has 14 heavy (non-hydrogen) atoms. The van der Waals surface area contributed by atoms with E-state index in [1.54, 1.807) is 6.92 Å². The molecule has 1 rings (SSSR count). The van der Waals surface area contributed by atoms with Crippen LogP contribution >= 0.6 is 0 Å². The number of carbonyl (C=O) groups excluding carboxylic acids is 1. The Balaban J connectivity index is 0.00000169. The summed E-state index contributed by atoms with van der Waals surface area (Å²) in [4.78, 5) is 12.4. The fraction of sp³-hybridized carbons (Fsp3) is 0.667. The molecule has 0 radical (unpaired) electrons. The van der Waals surface area contributed by atoms with Gasteiger partial charge in [-0.25, -0.2) is 0 Å². The largest absolute Gasteiger partial charge is 1.00 e. The van der Waals surface area contributed by atoms with Crippen LogP contribution in [0.5, 0.6) is 0 Å². The van der Waals surface area contributed by atoms with E-state index in [0.717, 1.165) is 38.0 Å². The van der Waals surface area contributed by atoms with E-state index in [1.807, 2.05) is 0 Å². The van der Waals surface area contributed by atoms with Gasteiger partial charge in [0.25, 0.3) is 0 Å². The second kappa shape index (κ2) is 7.43. The zero-order valence-corrected chi connectivity index (χ0v) is 10.8. The first-order valence-corrected chi connectivity index (χ1v) is 4.37. The Morgan fingerprint density at radius 3 is 2.57 bits per heavy atom. The molecular weight excluding hydrogens is 193 g/mol. The third-order valence-electron chi connectivity index (χ3n) is 1.94. The Bertz CT molecular complexity index is 212. The van der Waals surface area contributed by atoms with Crippen LogP contribution in [0.25, 0.3) is 0 Å². The quantitative estimate of drug-likeness (QED) is 0.350. The van der Waals surface area contributed by atoms with Crippen molar-refractivity contribution in [3.8, 4) is 0 Å². The maximum atomic E-state index is 10.2. The molecule has 1 saturated heterocycles. The average molecular weight is 207 g/mol. The fourth-order valence-corrected chi connectivity index (χ4v) is 1.36. The van der Waals surface area contributed by atoms with Crippen molar-refractivity contribution in [2.75, 3.05) is 32.8 Å². The van der Waals surface area contributed by atoms with Crippen molar-refractivity contribution in [3.63, 3.8) is 0 Å². The topological polar surface area (TPSA) is 52.6 Å². The van der Waals surface area contributed by atoms with E-state index in [4.69, 9.17) is 4.74 Å². The van der Waals surface area contributed by atoms with Crippen LogP contribution in [0.3, 0.4) is 0 Å². The first-order valence-electron chi connectivity index (χ1n) is 4.37. The molecule has 0 amide bonds. The van der Waals surface area contributed by atoms with Crippen LogP contribution in [-0.2, 0) is 9.53 Å². The molecule has 0 N–H and O–H groups in total. The third-order valence-corrected chi connectivity index (χ3v) is 1.94. The molecule has 1 aliphatic rings. The molecule has 0 spiro atoms. The number of aliphatic carboxylic acids is 1. The van der Waals surface area contributed by atoms with Gasteiger partial charge >= 0.3 is 29.6 Å². The van der Waals surface area contributed by atoms with Crippen LogP contribution in [0.15, 0.2) is 11.6 Å². The first-order chi connectivity index (χ1) is 6.18. The molecule has 0 aromatic carbocycles. The molecule has 0 atom stereocenters. The molecule has 0 saturated carbocycles. The molecule has 1 heterocycles. The van der Waals surface area contributed by atoms with Gasteiger partial charge < -0.3 is 14.6 Å². The Labute approximate surface area is 106 Å². The van der Waals surface area contributed by atoms with Crippen molar-refractivity contribution in [1.29, 1.82) is 0 Å². The van der Waals surface area contributed by atoms with Crippen LogP contribution in [0.2, 0.25) is 0 Å². The van der Waals surface area contributed by atoms with Gasteiger partial charge in [-0.2, -0.15) is 0 Å². The van der Waals surface area contributed by atoms with Gasteiger partial charge in [-0.3, -0.25) is 4.90 Å². The first kappa shape index (κ1) is 14.1. The van der Waals surface area contributed by atoms with Crippen molar-refractivity contribution in [2.45, 2.75) is 6.92 Å². The molecule has 4 nitrogen and oxygen atoms in total. The van der Waals surface area contributed by atoms with Crippen LogP contribution in [-0.4, -0.2) is 43.7 Å². The normalized spacial score (nSPS) is 18.8. The molecule has 0 aliphatic carbocycles. The summed E-state index contributed by atoms with van der Waals surface area (Å²) >= 11 is 0. The molecule has 74 valence electrons. The Morgan fingerprint density at radius 2 is 2.07 bits per heavy atom. The SMILES string of the molecule is CC(=CC(=O)[O-])CN1CCOCC1.[Na+]. The van der Waals surface area contributed by atoms with Gasteiger partial charge in [0.2, 0.25) is 0 Å². The number of carboxylic acid groups (broad SMARTS) is 1. The fourth-order valence-electron chi connectivity index (χ4n) is 1.36. The molecule has 1 fully saturated rings. The summed E-state index contributed by atoms with van der Waals surface area (Å²) in [5.41, 5.74) is 0.821. The second-order valence-corrected chi connectivity index (χ2v) is 3.20. The third kappa shape index (κ3) is 5.78. The molecule has 0 unspecified atom stereocenters. The minimum atomic E-state index is -1.12. The predicted octanol–water partition coefficient (Wildman–Crippen LogP) is -3.98. The van der Waals surface area contributed by atoms with E-state index in [9.17, 15) is 9.90 Å². The van der Waals surface area contributed by atoms with Gasteiger partial charge in [-0.1, -0.05) is 5.57 Å². The zero-order chi connectivity index (χ0) is 9.68. The van der Waals surface area contributed by atoms with Crippen LogP contribution in [0, 0.1) is 0 Å². The number of morpholine rings is 1. The number of hydrogen-bond acceptors (Lipinski definition) is 4. The Hall–Kier alpha value is 0.130. The van der Waals surface area contributed by atoms with Crippen LogP contribution < -0.4 is 34.7 Å². The summed E-state index contributed by atoms with van der Waals surface area (Å²) in [5.74, 6) is -1.12. The van der Waals surface area contributed by atoms with Crippen molar-refractivity contribution in [3.05, 3.63) is 11.6 Å². The Morgan fingerprint density at radius 1 is 1.50 bits per heavy atom. The number of carboxylic acids is 1. The minimum Gasteiger partial charge on any atom is -0.545 e. The molecule has 5 heteroatoms. The van der Waals surface area contributed by atoms with Crippen molar-refractivity contribution >= 4 is 5.97 Å². The maximum Gasteiger partial charge on any atom is 1.00 e. The van der Waals surface area contributed by atoms with Crippen molar-refractivity contribution in [2.24, 2.45) is 0 Å². The number of nitrogens with zero attached hydrogens (tertiary/aromatic N) is 1. The van der Waals surface area contributed by atoms with Crippen LogP contribution in [0.1, 0.15) is 6.92 Å². The van der Waals surface area contributed by atoms with E-state index in [1.165, 1.54) is 0 Å². The second-order valence-electron chi connectivity index (χ2n) is 3.20. The Kier molecular flexibility index (Phi) is 7.49. The summed E-state index contributed by atoms with van der Waals surface area (Å²) in [6, 6.07) is 0. The standard InChI is InChI=1S/C9H15NO3.Na/c1-8(6-9(11)12)7-10-2-4-13-5-3-10;/h6H,2-5,7H2,1H3,(H,11,12);/q;+1/p-1. The minimum absolute atomic E-state index is 0. The number of ether oxygens (including phenoxy) is 1. The van der Waals surface area contributed by atoms with E-state index < -0.39 is 5.97 Å². The molecule has 0 aromatic rings. The maximum absolute atomic E-state index is 10.2. The summed E-state index contributed by atoms with van der Waals surface area (Å²) < 4.78 is 5.17. The average Bonchev–Trinajstić information content (AvgIpc) is 2.04. The van der Waals surface area contributed by atoms with Gasteiger partial charge in [0.05, 0.1) is 19.2 Å². The zero-order valence-electron chi connectivity index (χ0n) is 8.78. The molecule has 0 aromatic heterocycles. The smallest absolute Gasteiger partial charge is 0.545 e. The van der Waals surface area contributed by atoms with E-state index >= 15 is 0 Å². The van der Waals surface area contributed by atoms with Gasteiger partial charge in [-0.05, 0) is 13.0 Å². The molecule has 1 aliphatic heterocycles. The van der Waals surface area contributed by atoms with Gasteiger partial charge in [-0.15, -0.1) is 0 Å².